The first-order valence-electron chi connectivity index (χ1n) is 7.77. The van der Waals surface area contributed by atoms with Crippen LogP contribution in [0.3, 0.4) is 0 Å². The van der Waals surface area contributed by atoms with E-state index in [-0.39, 0.29) is 10.9 Å². The fourth-order valence-corrected chi connectivity index (χ4v) is 3.04. The third-order valence-electron chi connectivity index (χ3n) is 3.64. The summed E-state index contributed by atoms with van der Waals surface area (Å²) in [5.41, 5.74) is -1.61. The average Bonchev–Trinajstić information content (AvgIpc) is 2.91. The zero-order valence-corrected chi connectivity index (χ0v) is 15.6. The second kappa shape index (κ2) is 7.77. The van der Waals surface area contributed by atoms with Gasteiger partial charge in [-0.15, -0.1) is 10.2 Å². The molecule has 1 aromatic carbocycles. The van der Waals surface area contributed by atoms with Gasteiger partial charge in [0.15, 0.2) is 5.60 Å². The molecule has 1 atom stereocenters. The van der Waals surface area contributed by atoms with Gasteiger partial charge in [0.05, 0.1) is 6.54 Å². The highest BCUT2D eigenvalue weighted by atomic mass is 32.1. The van der Waals surface area contributed by atoms with Gasteiger partial charge in [-0.1, -0.05) is 17.4 Å². The van der Waals surface area contributed by atoms with E-state index in [1.54, 1.807) is 13.0 Å². The molecule has 2 amide bonds. The SMILES string of the molecule is Cc1cc(F)cc(Cc2nnc(NC(=O)N(C)CC(C)(O)C(F)(F)F)s2)c1. The molecule has 0 aliphatic heterocycles. The van der Waals surface area contributed by atoms with Gasteiger partial charge in [0.2, 0.25) is 5.13 Å². The second-order valence-corrected chi connectivity index (χ2v) is 7.43. The summed E-state index contributed by atoms with van der Waals surface area (Å²) < 4.78 is 51.5. The molecule has 1 aromatic heterocycles. The predicted octanol–water partition coefficient (Wildman–Crippen LogP) is 3.35. The number of aromatic nitrogens is 2. The Balaban J connectivity index is 1.99. The van der Waals surface area contributed by atoms with Crippen molar-refractivity contribution >= 4 is 22.5 Å². The number of hydrogen-bond donors (Lipinski definition) is 2. The molecule has 0 fully saturated rings. The maximum Gasteiger partial charge on any atom is 0.418 e. The first kappa shape index (κ1) is 21.0. The number of nitrogens with zero attached hydrogens (tertiary/aromatic N) is 3. The van der Waals surface area contributed by atoms with Gasteiger partial charge < -0.3 is 10.0 Å². The van der Waals surface area contributed by atoms with E-state index < -0.39 is 24.4 Å². The Morgan fingerprint density at radius 3 is 2.56 bits per heavy atom. The molecule has 0 aliphatic carbocycles. The highest BCUT2D eigenvalue weighted by molar-refractivity contribution is 7.15. The van der Waals surface area contributed by atoms with Crippen LogP contribution in [0.4, 0.5) is 27.5 Å². The number of likely N-dealkylation sites (N-methyl/N-ethyl adjacent to an activating group) is 1. The fourth-order valence-electron chi connectivity index (χ4n) is 2.27. The maximum atomic E-state index is 13.4. The van der Waals surface area contributed by atoms with Crippen molar-refractivity contribution in [1.29, 1.82) is 0 Å². The summed E-state index contributed by atoms with van der Waals surface area (Å²) in [6.45, 7) is 1.39. The number of aryl methyl sites for hydroxylation is 1. The second-order valence-electron chi connectivity index (χ2n) is 6.37. The van der Waals surface area contributed by atoms with Gasteiger partial charge in [-0.3, -0.25) is 5.32 Å². The Morgan fingerprint density at radius 1 is 1.30 bits per heavy atom. The predicted molar refractivity (Wildman–Crippen MR) is 92.2 cm³/mol. The van der Waals surface area contributed by atoms with Crippen molar-refractivity contribution in [2.75, 3.05) is 18.9 Å². The third kappa shape index (κ3) is 5.60. The third-order valence-corrected chi connectivity index (χ3v) is 4.48. The standard InChI is InChI=1S/C16H18F4N4O2S/c1-9-4-10(6-11(17)5-9)7-12-22-23-13(27-12)21-14(25)24(3)8-15(2,26)16(18,19)20/h4-6,26H,7-8H2,1-3H3,(H,21,23,25). The molecule has 1 unspecified atom stereocenters. The molecule has 0 saturated heterocycles. The van der Waals surface area contributed by atoms with Crippen LogP contribution in [-0.4, -0.2) is 51.6 Å². The van der Waals surface area contributed by atoms with E-state index in [0.717, 1.165) is 23.9 Å². The molecular formula is C16H18F4N4O2S. The van der Waals surface area contributed by atoms with E-state index in [1.165, 1.54) is 12.1 Å². The highest BCUT2D eigenvalue weighted by Crippen LogP contribution is 2.30. The van der Waals surface area contributed by atoms with E-state index in [2.05, 4.69) is 15.5 Å². The number of hydrogen-bond acceptors (Lipinski definition) is 5. The monoisotopic (exact) mass is 406 g/mol. The Morgan fingerprint density at radius 2 is 1.96 bits per heavy atom. The van der Waals surface area contributed by atoms with Crippen LogP contribution in [-0.2, 0) is 6.42 Å². The number of carbonyl (C=O) groups is 1. The van der Waals surface area contributed by atoms with Crippen LogP contribution < -0.4 is 5.32 Å². The zero-order chi connectivity index (χ0) is 20.4. The first-order chi connectivity index (χ1) is 12.4. The Hall–Kier alpha value is -2.27. The van der Waals surface area contributed by atoms with Gasteiger partial charge in [-0.25, -0.2) is 9.18 Å². The number of anilines is 1. The number of amides is 2. The normalized spacial score (nSPS) is 13.9. The van der Waals surface area contributed by atoms with Crippen LogP contribution in [0.5, 0.6) is 0 Å². The smallest absolute Gasteiger partial charge is 0.379 e. The van der Waals surface area contributed by atoms with Crippen molar-refractivity contribution in [2.24, 2.45) is 0 Å². The van der Waals surface area contributed by atoms with Crippen LogP contribution >= 0.6 is 11.3 Å². The Labute approximate surface area is 156 Å². The number of halogens is 4. The van der Waals surface area contributed by atoms with Gasteiger partial charge >= 0.3 is 12.2 Å². The van der Waals surface area contributed by atoms with Gasteiger partial charge in [-0.2, -0.15) is 13.2 Å². The molecule has 0 radical (unpaired) electrons. The largest absolute Gasteiger partial charge is 0.418 e. The lowest BCUT2D eigenvalue weighted by Crippen LogP contribution is -2.52. The lowest BCUT2D eigenvalue weighted by molar-refractivity contribution is -0.254. The van der Waals surface area contributed by atoms with Crippen LogP contribution in [0.1, 0.15) is 23.1 Å². The van der Waals surface area contributed by atoms with Crippen LogP contribution in [0.2, 0.25) is 0 Å². The maximum absolute atomic E-state index is 13.4. The lowest BCUT2D eigenvalue weighted by atomic mass is 10.1. The van der Waals surface area contributed by atoms with Crippen molar-refractivity contribution in [3.05, 3.63) is 40.2 Å². The molecule has 27 heavy (non-hydrogen) atoms. The number of carbonyl (C=O) groups excluding carboxylic acids is 1. The van der Waals surface area contributed by atoms with Crippen LogP contribution in [0, 0.1) is 12.7 Å². The average molecular weight is 406 g/mol. The molecule has 148 valence electrons. The summed E-state index contributed by atoms with van der Waals surface area (Å²) in [5, 5.41) is 20.0. The molecule has 0 bridgehead atoms. The summed E-state index contributed by atoms with van der Waals surface area (Å²) in [6, 6.07) is 3.67. The molecule has 1 heterocycles. The topological polar surface area (TPSA) is 78.4 Å². The summed E-state index contributed by atoms with van der Waals surface area (Å²) in [4.78, 5) is 12.7. The minimum absolute atomic E-state index is 0.0848. The fraction of sp³-hybridized carbons (Fsp3) is 0.438. The quantitative estimate of drug-likeness (QED) is 0.747. The first-order valence-corrected chi connectivity index (χ1v) is 8.59. The number of urea groups is 1. The molecule has 6 nitrogen and oxygen atoms in total. The number of benzene rings is 1. The summed E-state index contributed by atoms with van der Waals surface area (Å²) in [6.07, 6.45) is -4.58. The van der Waals surface area contributed by atoms with Crippen molar-refractivity contribution in [3.63, 3.8) is 0 Å². The number of alkyl halides is 3. The van der Waals surface area contributed by atoms with Gasteiger partial charge in [0, 0.05) is 13.5 Å². The molecule has 2 N–H and O–H groups in total. The number of nitrogens with one attached hydrogen (secondary N) is 1. The summed E-state index contributed by atoms with van der Waals surface area (Å²) >= 11 is 1.02. The van der Waals surface area contributed by atoms with E-state index in [4.69, 9.17) is 0 Å². The van der Waals surface area contributed by atoms with Gasteiger partial charge in [0.25, 0.3) is 0 Å². The summed E-state index contributed by atoms with van der Waals surface area (Å²) in [7, 11) is 1.12. The van der Waals surface area contributed by atoms with Crippen molar-refractivity contribution in [3.8, 4) is 0 Å². The van der Waals surface area contributed by atoms with E-state index in [0.29, 0.717) is 28.8 Å². The minimum atomic E-state index is -4.87. The number of rotatable bonds is 5. The van der Waals surface area contributed by atoms with Crippen LogP contribution in [0.15, 0.2) is 18.2 Å². The molecule has 0 saturated carbocycles. The molecule has 2 rings (SSSR count). The van der Waals surface area contributed by atoms with Crippen molar-refractivity contribution < 1.29 is 27.5 Å². The number of aliphatic hydroxyl groups is 1. The minimum Gasteiger partial charge on any atom is -0.379 e. The van der Waals surface area contributed by atoms with Crippen molar-refractivity contribution in [1.82, 2.24) is 15.1 Å². The van der Waals surface area contributed by atoms with E-state index in [9.17, 15) is 27.5 Å². The Kier molecular flexibility index (Phi) is 6.05. The molecular weight excluding hydrogens is 388 g/mol. The van der Waals surface area contributed by atoms with E-state index in [1.807, 2.05) is 0 Å². The summed E-state index contributed by atoms with van der Waals surface area (Å²) in [5.74, 6) is -0.374. The molecule has 0 spiro atoms. The van der Waals surface area contributed by atoms with E-state index >= 15 is 0 Å². The van der Waals surface area contributed by atoms with Gasteiger partial charge in [0.1, 0.15) is 10.8 Å². The molecule has 2 aromatic rings. The van der Waals surface area contributed by atoms with Gasteiger partial charge in [-0.05, 0) is 37.1 Å². The molecule has 11 heteroatoms. The van der Waals surface area contributed by atoms with Crippen LogP contribution in [0.25, 0.3) is 0 Å². The zero-order valence-electron chi connectivity index (χ0n) is 14.8. The highest BCUT2D eigenvalue weighted by Gasteiger charge is 2.50. The lowest BCUT2D eigenvalue weighted by Gasteiger charge is -2.30. The van der Waals surface area contributed by atoms with Crippen molar-refractivity contribution in [2.45, 2.75) is 32.0 Å². The molecule has 0 aliphatic rings. The Bertz CT molecular complexity index is 803.